The Morgan fingerprint density at radius 3 is 2.38 bits per heavy atom. The molecule has 1 heterocycles. The second-order valence-electron chi connectivity index (χ2n) is 4.98. The molecular weight excluding hydrogens is 306 g/mol. The average molecular weight is 323 g/mol. The fourth-order valence-electron chi connectivity index (χ4n) is 1.82. The van der Waals surface area contributed by atoms with E-state index in [0.717, 1.165) is 5.56 Å². The van der Waals surface area contributed by atoms with Gasteiger partial charge in [0.15, 0.2) is 29.0 Å². The Kier molecular flexibility index (Phi) is 4.96. The lowest BCUT2D eigenvalue weighted by molar-refractivity contribution is 0.0998. The van der Waals surface area contributed by atoms with E-state index in [1.807, 2.05) is 30.3 Å². The minimum absolute atomic E-state index is 0.0704. The Bertz CT molecular complexity index is 844. The summed E-state index contributed by atoms with van der Waals surface area (Å²) in [5.74, 6) is 5.09. The highest BCUT2D eigenvalue weighted by Crippen LogP contribution is 2.18. The average Bonchev–Trinajstić information content (AvgIpc) is 2.53. The summed E-state index contributed by atoms with van der Waals surface area (Å²) < 4.78 is 0. The van der Waals surface area contributed by atoms with Crippen LogP contribution in [0.25, 0.3) is 0 Å². The molecule has 1 aromatic heterocycles. The third kappa shape index (κ3) is 3.98. The SMILES string of the molecule is CN(C)c1nc(N)c(C(=O)N=C(N)N)nc1C#Cc1ccccc1. The number of aromatic nitrogens is 2. The number of carbonyl (C=O) groups is 1. The highest BCUT2D eigenvalue weighted by atomic mass is 16.1. The fraction of sp³-hybridized carbons (Fsp3) is 0.125. The van der Waals surface area contributed by atoms with Crippen molar-refractivity contribution >= 4 is 23.5 Å². The lowest BCUT2D eigenvalue weighted by Gasteiger charge is -2.14. The second kappa shape index (κ2) is 7.11. The summed E-state index contributed by atoms with van der Waals surface area (Å²) in [5.41, 5.74) is 17.2. The molecule has 2 rings (SSSR count). The lowest BCUT2D eigenvalue weighted by Crippen LogP contribution is -2.25. The predicted octanol–water partition coefficient (Wildman–Crippen LogP) is -0.0618. The Morgan fingerprint density at radius 2 is 1.79 bits per heavy atom. The largest absolute Gasteiger partial charge is 0.382 e. The normalized spacial score (nSPS) is 9.58. The molecule has 1 amide bonds. The van der Waals surface area contributed by atoms with Crippen LogP contribution >= 0.6 is 0 Å². The Labute approximate surface area is 139 Å². The third-order valence-electron chi connectivity index (χ3n) is 2.86. The maximum absolute atomic E-state index is 12.0. The van der Waals surface area contributed by atoms with Crippen molar-refractivity contribution in [3.05, 3.63) is 47.3 Å². The van der Waals surface area contributed by atoms with Crippen molar-refractivity contribution in [2.24, 2.45) is 16.5 Å². The van der Waals surface area contributed by atoms with Crippen molar-refractivity contribution in [2.75, 3.05) is 24.7 Å². The van der Waals surface area contributed by atoms with Crippen LogP contribution in [-0.2, 0) is 0 Å². The van der Waals surface area contributed by atoms with Gasteiger partial charge in [0.1, 0.15) is 0 Å². The first-order chi connectivity index (χ1) is 11.4. The van der Waals surface area contributed by atoms with E-state index >= 15 is 0 Å². The molecule has 0 atom stereocenters. The van der Waals surface area contributed by atoms with Gasteiger partial charge in [-0.2, -0.15) is 4.99 Å². The van der Waals surface area contributed by atoms with E-state index in [0.29, 0.717) is 11.5 Å². The zero-order chi connectivity index (χ0) is 17.7. The molecule has 0 radical (unpaired) electrons. The summed E-state index contributed by atoms with van der Waals surface area (Å²) in [6, 6.07) is 9.36. The number of amides is 1. The van der Waals surface area contributed by atoms with Crippen molar-refractivity contribution in [3.8, 4) is 11.8 Å². The quantitative estimate of drug-likeness (QED) is 0.400. The summed E-state index contributed by atoms with van der Waals surface area (Å²) in [4.78, 5) is 25.5. The van der Waals surface area contributed by atoms with E-state index in [9.17, 15) is 4.79 Å². The highest BCUT2D eigenvalue weighted by Gasteiger charge is 2.17. The molecule has 0 unspecified atom stereocenters. The van der Waals surface area contributed by atoms with Gasteiger partial charge in [0, 0.05) is 19.7 Å². The lowest BCUT2D eigenvalue weighted by atomic mass is 10.2. The van der Waals surface area contributed by atoms with Crippen molar-refractivity contribution in [3.63, 3.8) is 0 Å². The molecule has 0 saturated carbocycles. The molecule has 0 aliphatic heterocycles. The molecule has 0 aliphatic rings. The molecule has 0 fully saturated rings. The van der Waals surface area contributed by atoms with Crippen LogP contribution in [-0.4, -0.2) is 35.9 Å². The van der Waals surface area contributed by atoms with Gasteiger partial charge in [-0.1, -0.05) is 24.1 Å². The number of benzene rings is 1. The third-order valence-corrected chi connectivity index (χ3v) is 2.86. The summed E-state index contributed by atoms with van der Waals surface area (Å²) in [7, 11) is 3.54. The van der Waals surface area contributed by atoms with E-state index in [1.54, 1.807) is 19.0 Å². The Hall–Kier alpha value is -3.60. The fourth-order valence-corrected chi connectivity index (χ4v) is 1.82. The van der Waals surface area contributed by atoms with Crippen LogP contribution in [0.2, 0.25) is 0 Å². The van der Waals surface area contributed by atoms with Gasteiger partial charge in [0.05, 0.1) is 0 Å². The maximum atomic E-state index is 12.0. The second-order valence-corrected chi connectivity index (χ2v) is 4.98. The Balaban J connectivity index is 2.54. The van der Waals surface area contributed by atoms with Crippen LogP contribution in [0.3, 0.4) is 0 Å². The van der Waals surface area contributed by atoms with Gasteiger partial charge in [-0.15, -0.1) is 0 Å². The molecule has 8 nitrogen and oxygen atoms in total. The van der Waals surface area contributed by atoms with E-state index in [2.05, 4.69) is 26.8 Å². The van der Waals surface area contributed by atoms with Crippen LogP contribution < -0.4 is 22.1 Å². The van der Waals surface area contributed by atoms with Crippen molar-refractivity contribution in [2.45, 2.75) is 0 Å². The molecule has 0 saturated heterocycles. The predicted molar refractivity (Wildman–Crippen MR) is 93.3 cm³/mol. The van der Waals surface area contributed by atoms with Crippen molar-refractivity contribution < 1.29 is 4.79 Å². The molecule has 6 N–H and O–H groups in total. The van der Waals surface area contributed by atoms with Gasteiger partial charge >= 0.3 is 5.91 Å². The molecular formula is C16H17N7O. The van der Waals surface area contributed by atoms with Gasteiger partial charge in [-0.3, -0.25) is 4.79 Å². The highest BCUT2D eigenvalue weighted by molar-refractivity contribution is 6.03. The standard InChI is InChI=1S/C16H17N7O/c1-23(2)14-11(9-8-10-6-4-3-5-7-10)20-12(13(17)21-14)15(24)22-16(18)19/h3-7H,1-2H3,(H2,17,21)(H4,18,19,22,24). The van der Waals surface area contributed by atoms with Crippen LogP contribution in [0, 0.1) is 11.8 Å². The number of carbonyl (C=O) groups excluding carboxylic acids is 1. The zero-order valence-electron chi connectivity index (χ0n) is 13.3. The van der Waals surface area contributed by atoms with Gasteiger partial charge < -0.3 is 22.1 Å². The van der Waals surface area contributed by atoms with E-state index in [-0.39, 0.29) is 17.5 Å². The van der Waals surface area contributed by atoms with Gasteiger partial charge in [0.2, 0.25) is 0 Å². The van der Waals surface area contributed by atoms with Crippen LogP contribution in [0.4, 0.5) is 11.6 Å². The summed E-state index contributed by atoms with van der Waals surface area (Å²) in [6.07, 6.45) is 0. The molecule has 122 valence electrons. The number of hydrogen-bond donors (Lipinski definition) is 3. The number of nitrogen functional groups attached to an aromatic ring is 1. The minimum atomic E-state index is -0.770. The van der Waals surface area contributed by atoms with Crippen molar-refractivity contribution in [1.29, 1.82) is 0 Å². The van der Waals surface area contributed by atoms with Gasteiger partial charge in [-0.05, 0) is 18.1 Å². The summed E-state index contributed by atoms with van der Waals surface area (Å²) in [5, 5.41) is 0. The molecule has 0 spiro atoms. The van der Waals surface area contributed by atoms with Crippen LogP contribution in [0.15, 0.2) is 35.3 Å². The molecule has 2 aromatic rings. The number of nitrogens with zero attached hydrogens (tertiary/aromatic N) is 4. The van der Waals surface area contributed by atoms with Crippen molar-refractivity contribution in [1.82, 2.24) is 9.97 Å². The molecule has 0 aliphatic carbocycles. The number of guanidine groups is 1. The molecule has 0 bridgehead atoms. The zero-order valence-corrected chi connectivity index (χ0v) is 13.3. The summed E-state index contributed by atoms with van der Waals surface area (Å²) >= 11 is 0. The first-order valence-electron chi connectivity index (χ1n) is 6.94. The number of rotatable bonds is 2. The topological polar surface area (TPSA) is 137 Å². The van der Waals surface area contributed by atoms with E-state index in [4.69, 9.17) is 17.2 Å². The number of hydrogen-bond acceptors (Lipinski definition) is 5. The number of anilines is 2. The minimum Gasteiger partial charge on any atom is -0.382 e. The molecule has 8 heteroatoms. The van der Waals surface area contributed by atoms with Gasteiger partial charge in [0.25, 0.3) is 0 Å². The maximum Gasteiger partial charge on any atom is 0.302 e. The molecule has 1 aromatic carbocycles. The van der Waals surface area contributed by atoms with Gasteiger partial charge in [-0.25, -0.2) is 9.97 Å². The molecule has 24 heavy (non-hydrogen) atoms. The first-order valence-corrected chi connectivity index (χ1v) is 6.94. The Morgan fingerprint density at radius 1 is 1.12 bits per heavy atom. The smallest absolute Gasteiger partial charge is 0.302 e. The van der Waals surface area contributed by atoms with E-state index in [1.165, 1.54) is 0 Å². The summed E-state index contributed by atoms with van der Waals surface area (Å²) in [6.45, 7) is 0. The first kappa shape index (κ1) is 16.8. The van der Waals surface area contributed by atoms with Crippen LogP contribution in [0.1, 0.15) is 21.7 Å². The van der Waals surface area contributed by atoms with Crippen LogP contribution in [0.5, 0.6) is 0 Å². The van der Waals surface area contributed by atoms with E-state index < -0.39 is 5.91 Å². The number of aliphatic imine (C=N–C) groups is 1. The number of nitrogens with two attached hydrogens (primary N) is 3. The monoisotopic (exact) mass is 323 g/mol.